The smallest absolute Gasteiger partial charge is 0.304 e. The summed E-state index contributed by atoms with van der Waals surface area (Å²) in [5.74, 6) is -1.44. The van der Waals surface area contributed by atoms with E-state index in [9.17, 15) is 22.4 Å². The molecule has 0 saturated carbocycles. The number of halogens is 2. The molecule has 11 heteroatoms. The van der Waals surface area contributed by atoms with E-state index >= 15 is 0 Å². The van der Waals surface area contributed by atoms with Gasteiger partial charge in [-0.3, -0.25) is 9.59 Å². The van der Waals surface area contributed by atoms with Crippen molar-refractivity contribution in [3.8, 4) is 0 Å². The number of benzene rings is 2. The lowest BCUT2D eigenvalue weighted by Gasteiger charge is -2.32. The summed E-state index contributed by atoms with van der Waals surface area (Å²) < 4.78 is 42.2. The van der Waals surface area contributed by atoms with Gasteiger partial charge in [0.2, 0.25) is 11.8 Å². The van der Waals surface area contributed by atoms with E-state index in [0.717, 1.165) is 37.2 Å². The van der Waals surface area contributed by atoms with Crippen LogP contribution in [0.4, 0.5) is 10.1 Å². The summed E-state index contributed by atoms with van der Waals surface area (Å²) in [6, 6.07) is 11.3. The van der Waals surface area contributed by atoms with E-state index < -0.39 is 34.5 Å². The molecule has 2 aromatic carbocycles. The Kier molecular flexibility index (Phi) is 10.0. The van der Waals surface area contributed by atoms with Crippen molar-refractivity contribution in [1.29, 1.82) is 0 Å². The third-order valence-corrected chi connectivity index (χ3v) is 7.46. The monoisotopic (exact) mass is 556 g/mol. The average molecular weight is 557 g/mol. The Morgan fingerprint density at radius 2 is 1.65 bits per heavy atom. The highest BCUT2D eigenvalue weighted by Gasteiger charge is 2.32. The highest BCUT2D eigenvalue weighted by atomic mass is 79.9. The van der Waals surface area contributed by atoms with Crippen LogP contribution in [-0.4, -0.2) is 62.7 Å². The van der Waals surface area contributed by atoms with Crippen LogP contribution in [0.3, 0.4) is 0 Å². The van der Waals surface area contributed by atoms with Gasteiger partial charge in [0.25, 0.3) is 0 Å². The second-order valence-electron chi connectivity index (χ2n) is 7.89. The van der Waals surface area contributed by atoms with Crippen LogP contribution in [0.15, 0.2) is 53.0 Å². The fourth-order valence-corrected chi connectivity index (χ4v) is 4.41. The Morgan fingerprint density at radius 1 is 1.06 bits per heavy atom. The van der Waals surface area contributed by atoms with Gasteiger partial charge in [0.15, 0.2) is 0 Å². The van der Waals surface area contributed by atoms with Crippen LogP contribution in [0.2, 0.25) is 0 Å². The van der Waals surface area contributed by atoms with Gasteiger partial charge in [-0.2, -0.15) is 12.7 Å². The van der Waals surface area contributed by atoms with Crippen molar-refractivity contribution in [1.82, 2.24) is 14.5 Å². The molecule has 0 heterocycles. The maximum atomic E-state index is 13.5. The van der Waals surface area contributed by atoms with Gasteiger partial charge >= 0.3 is 10.2 Å². The molecule has 0 unspecified atom stereocenters. The molecule has 1 atom stereocenters. The topological polar surface area (TPSA) is 90.0 Å². The first kappa shape index (κ1) is 27.7. The molecule has 0 fully saturated rings. The molecule has 0 aliphatic heterocycles. The number of carbonyl (C=O) groups is 2. The van der Waals surface area contributed by atoms with E-state index in [1.54, 1.807) is 6.92 Å². The summed E-state index contributed by atoms with van der Waals surface area (Å²) in [6.45, 7) is 3.52. The van der Waals surface area contributed by atoms with Crippen molar-refractivity contribution in [3.63, 3.8) is 0 Å². The van der Waals surface area contributed by atoms with Gasteiger partial charge in [-0.25, -0.2) is 8.70 Å². The molecule has 1 N–H and O–H groups in total. The second-order valence-corrected chi connectivity index (χ2v) is 10.9. The molecule has 0 spiro atoms. The van der Waals surface area contributed by atoms with Crippen molar-refractivity contribution in [2.75, 3.05) is 31.5 Å². The molecule has 2 rings (SSSR count). The van der Waals surface area contributed by atoms with Gasteiger partial charge in [-0.1, -0.05) is 35.0 Å². The summed E-state index contributed by atoms with van der Waals surface area (Å²) in [5, 5.41) is 2.78. The lowest BCUT2D eigenvalue weighted by Crippen LogP contribution is -2.52. The van der Waals surface area contributed by atoms with Crippen LogP contribution in [-0.2, 0) is 26.3 Å². The van der Waals surface area contributed by atoms with E-state index in [-0.39, 0.29) is 18.1 Å². The van der Waals surface area contributed by atoms with Gasteiger partial charge in [0.05, 0.1) is 5.69 Å². The number of hydrogen-bond acceptors (Lipinski definition) is 4. The molecular formula is C23H30BrFN4O4S. The largest absolute Gasteiger partial charge is 0.354 e. The Bertz CT molecular complexity index is 1080. The number of anilines is 1. The SMILES string of the molecule is CCCNC(=O)[C@@H](C)N(Cc1ccc(Br)cc1)C(=O)CN(c1ccc(F)cc1)S(=O)(=O)N(C)C. The van der Waals surface area contributed by atoms with Crippen molar-refractivity contribution < 1.29 is 22.4 Å². The van der Waals surface area contributed by atoms with Crippen LogP contribution in [0.5, 0.6) is 0 Å². The normalized spacial score (nSPS) is 12.3. The van der Waals surface area contributed by atoms with Gasteiger partial charge < -0.3 is 10.2 Å². The summed E-state index contributed by atoms with van der Waals surface area (Å²) in [5.41, 5.74) is 0.908. The summed E-state index contributed by atoms with van der Waals surface area (Å²) >= 11 is 3.37. The fraction of sp³-hybridized carbons (Fsp3) is 0.391. The number of nitrogens with zero attached hydrogens (tertiary/aromatic N) is 3. The van der Waals surface area contributed by atoms with Gasteiger partial charge in [-0.05, 0) is 55.3 Å². The fourth-order valence-electron chi connectivity index (χ4n) is 3.09. The zero-order valence-electron chi connectivity index (χ0n) is 19.7. The molecule has 0 aromatic heterocycles. The summed E-state index contributed by atoms with van der Waals surface area (Å²) in [6.07, 6.45) is 0.735. The molecule has 34 heavy (non-hydrogen) atoms. The van der Waals surface area contributed by atoms with E-state index in [1.165, 1.54) is 31.1 Å². The number of hydrogen-bond donors (Lipinski definition) is 1. The summed E-state index contributed by atoms with van der Waals surface area (Å²) in [4.78, 5) is 27.5. The lowest BCUT2D eigenvalue weighted by atomic mass is 10.1. The molecular weight excluding hydrogens is 527 g/mol. The van der Waals surface area contributed by atoms with E-state index in [4.69, 9.17) is 0 Å². The molecule has 0 aliphatic rings. The lowest BCUT2D eigenvalue weighted by molar-refractivity contribution is -0.139. The predicted octanol–water partition coefficient (Wildman–Crippen LogP) is 3.14. The Morgan fingerprint density at radius 3 is 2.18 bits per heavy atom. The maximum absolute atomic E-state index is 13.5. The molecule has 8 nitrogen and oxygen atoms in total. The molecule has 0 saturated heterocycles. The Hall–Kier alpha value is -2.50. The number of rotatable bonds is 11. The minimum atomic E-state index is -4.08. The van der Waals surface area contributed by atoms with E-state index in [0.29, 0.717) is 6.54 Å². The van der Waals surface area contributed by atoms with Gasteiger partial charge in [0, 0.05) is 31.7 Å². The van der Waals surface area contributed by atoms with Crippen molar-refractivity contribution in [3.05, 3.63) is 64.4 Å². The Labute approximate surface area is 209 Å². The first-order valence-electron chi connectivity index (χ1n) is 10.7. The molecule has 0 radical (unpaired) electrons. The van der Waals surface area contributed by atoms with E-state index in [2.05, 4.69) is 21.2 Å². The average Bonchev–Trinajstić information content (AvgIpc) is 2.80. The standard InChI is InChI=1S/C23H30BrFN4O4S/c1-5-14-26-23(31)17(2)28(15-18-6-8-19(24)9-7-18)22(30)16-29(34(32,33)27(3)4)21-12-10-20(25)11-13-21/h6-13,17H,5,14-16H2,1-4H3,(H,26,31)/t17-/m1/s1. The third-order valence-electron chi connectivity index (χ3n) is 5.12. The van der Waals surface area contributed by atoms with Crippen molar-refractivity contribution in [2.24, 2.45) is 0 Å². The van der Waals surface area contributed by atoms with Crippen molar-refractivity contribution >= 4 is 43.6 Å². The van der Waals surface area contributed by atoms with E-state index in [1.807, 2.05) is 31.2 Å². The minimum Gasteiger partial charge on any atom is -0.354 e. The van der Waals surface area contributed by atoms with Crippen molar-refractivity contribution in [2.45, 2.75) is 32.9 Å². The summed E-state index contributed by atoms with van der Waals surface area (Å²) in [7, 11) is -1.39. The molecule has 0 bridgehead atoms. The second kappa shape index (κ2) is 12.3. The third kappa shape index (κ3) is 7.25. The van der Waals surface area contributed by atoms with Crippen LogP contribution in [0, 0.1) is 5.82 Å². The van der Waals surface area contributed by atoms with Crippen LogP contribution >= 0.6 is 15.9 Å². The van der Waals surface area contributed by atoms with Gasteiger partial charge in [0.1, 0.15) is 18.4 Å². The van der Waals surface area contributed by atoms with Crippen LogP contribution in [0.1, 0.15) is 25.8 Å². The maximum Gasteiger partial charge on any atom is 0.304 e. The predicted molar refractivity (Wildman–Crippen MR) is 134 cm³/mol. The van der Waals surface area contributed by atoms with Crippen LogP contribution < -0.4 is 9.62 Å². The Balaban J connectivity index is 2.41. The number of amides is 2. The first-order chi connectivity index (χ1) is 16.0. The zero-order valence-corrected chi connectivity index (χ0v) is 22.1. The molecule has 186 valence electrons. The van der Waals surface area contributed by atoms with Gasteiger partial charge in [-0.15, -0.1) is 0 Å². The number of carbonyl (C=O) groups excluding carboxylic acids is 2. The number of nitrogens with one attached hydrogen (secondary N) is 1. The minimum absolute atomic E-state index is 0.103. The quantitative estimate of drug-likeness (QED) is 0.460. The molecule has 2 amide bonds. The van der Waals surface area contributed by atoms with Crippen LogP contribution in [0.25, 0.3) is 0 Å². The highest BCUT2D eigenvalue weighted by Crippen LogP contribution is 2.21. The first-order valence-corrected chi connectivity index (χ1v) is 12.9. The highest BCUT2D eigenvalue weighted by molar-refractivity contribution is 9.10. The zero-order chi connectivity index (χ0) is 25.5. The molecule has 2 aromatic rings. The molecule has 0 aliphatic carbocycles.